The molecule has 0 radical (unpaired) electrons. The van der Waals surface area contributed by atoms with Crippen molar-refractivity contribution in [2.75, 3.05) is 6.67 Å². The van der Waals surface area contributed by atoms with E-state index in [0.29, 0.717) is 30.1 Å². The summed E-state index contributed by atoms with van der Waals surface area (Å²) in [5, 5.41) is 15.8. The standard InChI is InChI=1S/C25H35N3O5.CO2/c1-5-7-8-9-20(21(6-2)28(32)16-29)24(30)26-15-27-25(31)23-13-12-22(33-23)19-11-10-17(3)18(4)14-19;2-1-3/h10-14,16,20-21,32H,5-9,15H2,1-4H3,(H,26,30)(H,27,31);/t20-,21-;/m1./s1. The maximum atomic E-state index is 12.8. The first-order chi connectivity index (χ1) is 17.2. The highest BCUT2D eigenvalue weighted by Crippen LogP contribution is 2.24. The Morgan fingerprint density at radius 2 is 1.78 bits per heavy atom. The van der Waals surface area contributed by atoms with Gasteiger partial charge in [-0.15, -0.1) is 0 Å². The highest BCUT2D eigenvalue weighted by Gasteiger charge is 2.30. The zero-order valence-electron chi connectivity index (χ0n) is 21.2. The van der Waals surface area contributed by atoms with Gasteiger partial charge in [-0.25, -0.2) is 5.06 Å². The van der Waals surface area contributed by atoms with Crippen LogP contribution in [-0.2, 0) is 19.2 Å². The van der Waals surface area contributed by atoms with Crippen LogP contribution in [0.4, 0.5) is 0 Å². The molecule has 2 atom stereocenters. The van der Waals surface area contributed by atoms with E-state index in [2.05, 4.69) is 17.6 Å². The molecular formula is C26H35N3O7. The molecule has 10 heteroatoms. The van der Waals surface area contributed by atoms with Crippen LogP contribution in [-0.4, -0.2) is 47.4 Å². The van der Waals surface area contributed by atoms with Crippen LogP contribution in [0.2, 0.25) is 0 Å². The zero-order valence-corrected chi connectivity index (χ0v) is 21.2. The van der Waals surface area contributed by atoms with Crippen LogP contribution in [0.3, 0.4) is 0 Å². The van der Waals surface area contributed by atoms with Gasteiger partial charge in [0.15, 0.2) is 5.76 Å². The molecule has 0 saturated heterocycles. The molecule has 3 amide bonds. The predicted molar refractivity (Wildman–Crippen MR) is 131 cm³/mol. The predicted octanol–water partition coefficient (Wildman–Crippen LogP) is 3.61. The molecule has 0 saturated carbocycles. The molecule has 2 rings (SSSR count). The summed E-state index contributed by atoms with van der Waals surface area (Å²) in [6.07, 6.45) is 4.28. The summed E-state index contributed by atoms with van der Waals surface area (Å²) in [6.45, 7) is 7.82. The second-order valence-corrected chi connectivity index (χ2v) is 8.33. The quantitative estimate of drug-likeness (QED) is 0.125. The van der Waals surface area contributed by atoms with E-state index >= 15 is 0 Å². The van der Waals surface area contributed by atoms with Crippen molar-refractivity contribution < 1.29 is 33.6 Å². The Bertz CT molecular complexity index is 1030. The van der Waals surface area contributed by atoms with Crippen molar-refractivity contribution in [3.63, 3.8) is 0 Å². The summed E-state index contributed by atoms with van der Waals surface area (Å²) in [7, 11) is 0. The highest BCUT2D eigenvalue weighted by atomic mass is 16.5. The van der Waals surface area contributed by atoms with Crippen LogP contribution in [0.1, 0.15) is 67.6 Å². The first-order valence-corrected chi connectivity index (χ1v) is 11.9. The van der Waals surface area contributed by atoms with E-state index in [9.17, 15) is 19.6 Å². The average molecular weight is 502 g/mol. The van der Waals surface area contributed by atoms with Gasteiger partial charge in [0.25, 0.3) is 5.91 Å². The number of hydroxylamine groups is 2. The van der Waals surface area contributed by atoms with Gasteiger partial charge in [-0.2, -0.15) is 9.59 Å². The summed E-state index contributed by atoms with van der Waals surface area (Å²) < 4.78 is 5.70. The van der Waals surface area contributed by atoms with E-state index in [1.807, 2.05) is 39.0 Å². The topological polar surface area (TPSA) is 146 Å². The lowest BCUT2D eigenvalue weighted by Gasteiger charge is -2.29. The molecule has 1 heterocycles. The molecule has 0 bridgehead atoms. The number of nitrogens with one attached hydrogen (secondary N) is 2. The summed E-state index contributed by atoms with van der Waals surface area (Å²) in [5.74, 6) is -0.614. The Balaban J connectivity index is 0.00000205. The third kappa shape index (κ3) is 9.13. The summed E-state index contributed by atoms with van der Waals surface area (Å²) >= 11 is 0. The summed E-state index contributed by atoms with van der Waals surface area (Å²) in [6, 6.07) is 8.65. The lowest BCUT2D eigenvalue weighted by atomic mass is 9.90. The number of unbranched alkanes of at least 4 members (excludes halogenated alkanes) is 2. The fraction of sp³-hybridized carbons (Fsp3) is 0.462. The van der Waals surface area contributed by atoms with Gasteiger partial charge in [0, 0.05) is 5.56 Å². The Labute approximate surface area is 211 Å². The number of aryl methyl sites for hydroxylation is 2. The second kappa shape index (κ2) is 16.0. The molecule has 0 aliphatic rings. The largest absolute Gasteiger partial charge is 0.451 e. The van der Waals surface area contributed by atoms with Crippen LogP contribution in [0.25, 0.3) is 11.3 Å². The van der Waals surface area contributed by atoms with Gasteiger partial charge >= 0.3 is 6.15 Å². The smallest absolute Gasteiger partial charge is 0.373 e. The van der Waals surface area contributed by atoms with E-state index in [0.717, 1.165) is 30.4 Å². The molecule has 3 N–H and O–H groups in total. The van der Waals surface area contributed by atoms with E-state index in [4.69, 9.17) is 14.0 Å². The molecule has 0 unspecified atom stereocenters. The molecule has 2 aromatic rings. The van der Waals surface area contributed by atoms with Gasteiger partial charge in [-0.1, -0.05) is 45.2 Å². The zero-order chi connectivity index (χ0) is 27.1. The van der Waals surface area contributed by atoms with Crippen molar-refractivity contribution in [2.24, 2.45) is 5.92 Å². The van der Waals surface area contributed by atoms with Crippen LogP contribution in [0.5, 0.6) is 0 Å². The maximum absolute atomic E-state index is 12.8. The normalized spacial score (nSPS) is 11.8. The minimum absolute atomic E-state index is 0.0927. The Morgan fingerprint density at radius 1 is 1.08 bits per heavy atom. The molecule has 10 nitrogen and oxygen atoms in total. The van der Waals surface area contributed by atoms with Gasteiger partial charge in [-0.3, -0.25) is 19.6 Å². The van der Waals surface area contributed by atoms with E-state index in [-0.39, 0.29) is 24.5 Å². The Hall–Kier alpha value is -3.75. The lowest BCUT2D eigenvalue weighted by Crippen LogP contribution is -2.47. The monoisotopic (exact) mass is 501 g/mol. The molecule has 36 heavy (non-hydrogen) atoms. The van der Waals surface area contributed by atoms with Crippen molar-refractivity contribution in [3.05, 3.63) is 47.2 Å². The van der Waals surface area contributed by atoms with Crippen molar-refractivity contribution in [3.8, 4) is 11.3 Å². The highest BCUT2D eigenvalue weighted by molar-refractivity contribution is 5.92. The number of hydrogen-bond acceptors (Lipinski definition) is 7. The van der Waals surface area contributed by atoms with E-state index < -0.39 is 17.9 Å². The van der Waals surface area contributed by atoms with Crippen LogP contribution in [0, 0.1) is 19.8 Å². The van der Waals surface area contributed by atoms with Crippen LogP contribution >= 0.6 is 0 Å². The fourth-order valence-electron chi connectivity index (χ4n) is 3.79. The number of amides is 3. The number of rotatable bonds is 13. The van der Waals surface area contributed by atoms with Crippen molar-refractivity contribution in [1.82, 2.24) is 15.7 Å². The first-order valence-electron chi connectivity index (χ1n) is 11.9. The lowest BCUT2D eigenvalue weighted by molar-refractivity contribution is -0.191. The van der Waals surface area contributed by atoms with Gasteiger partial charge in [-0.05, 0) is 56.0 Å². The number of furan rings is 1. The second-order valence-electron chi connectivity index (χ2n) is 8.33. The molecule has 1 aromatic carbocycles. The average Bonchev–Trinajstić information content (AvgIpc) is 3.36. The summed E-state index contributed by atoms with van der Waals surface area (Å²) in [5.41, 5.74) is 3.19. The third-order valence-electron chi connectivity index (χ3n) is 5.92. The van der Waals surface area contributed by atoms with Gasteiger partial charge in [0.2, 0.25) is 12.3 Å². The van der Waals surface area contributed by atoms with Gasteiger partial charge in [0.05, 0.1) is 18.6 Å². The first kappa shape index (κ1) is 30.3. The minimum Gasteiger partial charge on any atom is -0.451 e. The van der Waals surface area contributed by atoms with E-state index in [1.165, 1.54) is 5.56 Å². The number of carbonyl (C=O) groups is 3. The molecule has 0 spiro atoms. The van der Waals surface area contributed by atoms with Gasteiger partial charge in [0.1, 0.15) is 5.76 Å². The SMILES string of the molecule is CCCCC[C@@H](C(=O)NCNC(=O)c1ccc(-c2ccc(C)c(C)c2)o1)[C@@H](CC)N(O)C=O.O=C=O. The maximum Gasteiger partial charge on any atom is 0.373 e. The third-order valence-corrected chi connectivity index (χ3v) is 5.92. The molecule has 196 valence electrons. The van der Waals surface area contributed by atoms with Crippen LogP contribution < -0.4 is 10.6 Å². The number of hydrogen-bond donors (Lipinski definition) is 3. The van der Waals surface area contributed by atoms with Crippen molar-refractivity contribution >= 4 is 24.4 Å². The molecule has 0 aliphatic heterocycles. The number of nitrogens with zero attached hydrogens (tertiary/aromatic N) is 1. The minimum atomic E-state index is -0.624. The van der Waals surface area contributed by atoms with Gasteiger partial charge < -0.3 is 15.1 Å². The number of carbonyl (C=O) groups excluding carboxylic acids is 5. The molecule has 0 aliphatic carbocycles. The van der Waals surface area contributed by atoms with E-state index in [1.54, 1.807) is 12.1 Å². The molecule has 0 fully saturated rings. The Kier molecular flexibility index (Phi) is 13.5. The van der Waals surface area contributed by atoms with Crippen molar-refractivity contribution in [1.29, 1.82) is 0 Å². The fourth-order valence-corrected chi connectivity index (χ4v) is 3.79. The Morgan fingerprint density at radius 3 is 2.36 bits per heavy atom. The molecule has 1 aromatic heterocycles. The summed E-state index contributed by atoms with van der Waals surface area (Å²) in [4.78, 5) is 52.5. The molecular weight excluding hydrogens is 466 g/mol. The number of benzene rings is 1. The van der Waals surface area contributed by atoms with Crippen LogP contribution in [0.15, 0.2) is 34.7 Å². The van der Waals surface area contributed by atoms with Crippen molar-refractivity contribution in [2.45, 2.75) is 65.8 Å².